The van der Waals surface area contributed by atoms with Gasteiger partial charge in [0.05, 0.1) is 0 Å². The highest BCUT2D eigenvalue weighted by atomic mass is 35.5. The molecule has 0 radical (unpaired) electrons. The number of nitrogens with one attached hydrogen (secondary N) is 2. The monoisotopic (exact) mass is 449 g/mol. The molecule has 1 heterocycles. The summed E-state index contributed by atoms with van der Waals surface area (Å²) in [5.41, 5.74) is 6.88. The molecule has 166 valence electrons. The second kappa shape index (κ2) is 11.7. The van der Waals surface area contributed by atoms with Gasteiger partial charge in [0.1, 0.15) is 17.0 Å². The first kappa shape index (κ1) is 23.9. The molecule has 0 aliphatic carbocycles. The zero-order valence-corrected chi connectivity index (χ0v) is 17.4. The number of nitrogens with two attached hydrogens (primary N) is 1. The van der Waals surface area contributed by atoms with Crippen LogP contribution in [0, 0.1) is 0 Å². The van der Waals surface area contributed by atoms with Gasteiger partial charge in [-0.25, -0.2) is 9.78 Å². The molecule has 10 nitrogen and oxygen atoms in total. The van der Waals surface area contributed by atoms with Crippen molar-refractivity contribution in [1.29, 1.82) is 0 Å². The fourth-order valence-corrected chi connectivity index (χ4v) is 2.98. The standard InChI is InChI=1S/C20H24ClN5O5/c21-15-11-16(26-20(22)25-15)23-10-2-1-3-12-4-6-13(7-5-12)18(29)24-14(19(30)31)8-9-17(27)28/h4-7,11,14H,1-3,8-10H2,(H,24,29)(H,27,28)(H,30,31)(H3,22,23,25,26)/t14-/m0/s1. The number of aryl methyl sites for hydroxylation is 1. The van der Waals surface area contributed by atoms with E-state index in [0.717, 1.165) is 24.8 Å². The SMILES string of the molecule is Nc1nc(Cl)cc(NCCCCc2ccc(C(=O)N[C@@H](CCC(=O)O)C(=O)O)cc2)n1. The van der Waals surface area contributed by atoms with E-state index in [1.165, 1.54) is 0 Å². The van der Waals surface area contributed by atoms with E-state index in [4.69, 9.17) is 27.5 Å². The van der Waals surface area contributed by atoms with Crippen LogP contribution in [-0.4, -0.2) is 50.6 Å². The Bertz CT molecular complexity index is 902. The summed E-state index contributed by atoms with van der Waals surface area (Å²) in [6, 6.07) is 7.18. The predicted molar refractivity (Wildman–Crippen MR) is 115 cm³/mol. The van der Waals surface area contributed by atoms with Crippen molar-refractivity contribution in [3.8, 4) is 0 Å². The fourth-order valence-electron chi connectivity index (χ4n) is 2.79. The summed E-state index contributed by atoms with van der Waals surface area (Å²) in [4.78, 5) is 41.9. The molecule has 1 aromatic carbocycles. The molecular weight excluding hydrogens is 426 g/mol. The fraction of sp³-hybridized carbons (Fsp3) is 0.350. The van der Waals surface area contributed by atoms with Gasteiger partial charge >= 0.3 is 11.9 Å². The van der Waals surface area contributed by atoms with Gasteiger partial charge in [-0.3, -0.25) is 9.59 Å². The van der Waals surface area contributed by atoms with Crippen LogP contribution in [-0.2, 0) is 16.0 Å². The third-order valence-electron chi connectivity index (χ3n) is 4.38. The number of benzene rings is 1. The van der Waals surface area contributed by atoms with Crippen LogP contribution in [0.25, 0.3) is 0 Å². The van der Waals surface area contributed by atoms with E-state index >= 15 is 0 Å². The molecular formula is C20H24ClN5O5. The number of carboxylic acids is 2. The molecule has 0 aliphatic rings. The van der Waals surface area contributed by atoms with Crippen molar-refractivity contribution in [2.24, 2.45) is 0 Å². The van der Waals surface area contributed by atoms with E-state index in [-0.39, 0.29) is 23.9 Å². The third-order valence-corrected chi connectivity index (χ3v) is 4.57. The Balaban J connectivity index is 1.77. The number of unbranched alkanes of at least 4 members (excludes halogenated alkanes) is 1. The Kier molecular flexibility index (Phi) is 9.01. The number of rotatable bonds is 12. The third kappa shape index (κ3) is 8.47. The lowest BCUT2D eigenvalue weighted by Crippen LogP contribution is -2.41. The van der Waals surface area contributed by atoms with Crippen molar-refractivity contribution in [1.82, 2.24) is 15.3 Å². The average Bonchev–Trinajstić information content (AvgIpc) is 2.70. The average molecular weight is 450 g/mol. The van der Waals surface area contributed by atoms with Gasteiger partial charge < -0.3 is 26.6 Å². The molecule has 0 fully saturated rings. The van der Waals surface area contributed by atoms with Gasteiger partial charge in [-0.15, -0.1) is 0 Å². The molecule has 1 atom stereocenters. The number of anilines is 2. The smallest absolute Gasteiger partial charge is 0.326 e. The van der Waals surface area contributed by atoms with Gasteiger partial charge in [0.25, 0.3) is 5.91 Å². The van der Waals surface area contributed by atoms with Crippen LogP contribution in [0.1, 0.15) is 41.6 Å². The number of nitrogens with zero attached hydrogens (tertiary/aromatic N) is 2. The van der Waals surface area contributed by atoms with E-state index in [1.54, 1.807) is 30.3 Å². The maximum Gasteiger partial charge on any atom is 0.326 e. The van der Waals surface area contributed by atoms with E-state index in [0.29, 0.717) is 17.9 Å². The number of hydrogen-bond donors (Lipinski definition) is 5. The molecule has 0 aliphatic heterocycles. The van der Waals surface area contributed by atoms with Gasteiger partial charge in [0.2, 0.25) is 5.95 Å². The van der Waals surface area contributed by atoms with Crippen LogP contribution < -0.4 is 16.4 Å². The maximum absolute atomic E-state index is 12.2. The van der Waals surface area contributed by atoms with Crippen LogP contribution in [0.15, 0.2) is 30.3 Å². The van der Waals surface area contributed by atoms with E-state index < -0.39 is 23.9 Å². The Morgan fingerprint density at radius 1 is 1.10 bits per heavy atom. The minimum atomic E-state index is -1.27. The zero-order valence-electron chi connectivity index (χ0n) is 16.7. The first-order valence-electron chi connectivity index (χ1n) is 9.63. The second-order valence-corrected chi connectivity index (χ2v) is 7.20. The van der Waals surface area contributed by atoms with Gasteiger partial charge in [0, 0.05) is 24.6 Å². The van der Waals surface area contributed by atoms with Crippen LogP contribution in [0.4, 0.5) is 11.8 Å². The Morgan fingerprint density at radius 3 is 2.42 bits per heavy atom. The largest absolute Gasteiger partial charge is 0.481 e. The summed E-state index contributed by atoms with van der Waals surface area (Å²) < 4.78 is 0. The zero-order chi connectivity index (χ0) is 22.8. The molecule has 1 aromatic heterocycles. The molecule has 6 N–H and O–H groups in total. The first-order chi connectivity index (χ1) is 14.7. The van der Waals surface area contributed by atoms with Crippen LogP contribution in [0.5, 0.6) is 0 Å². The summed E-state index contributed by atoms with van der Waals surface area (Å²) in [6.07, 6.45) is 2.03. The van der Waals surface area contributed by atoms with Gasteiger partial charge in [-0.2, -0.15) is 4.98 Å². The van der Waals surface area contributed by atoms with Gasteiger partial charge in [-0.1, -0.05) is 23.7 Å². The summed E-state index contributed by atoms with van der Waals surface area (Å²) in [6.45, 7) is 0.681. The molecule has 2 aromatic rings. The molecule has 0 saturated heterocycles. The number of hydrogen-bond acceptors (Lipinski definition) is 7. The number of halogens is 1. The van der Waals surface area contributed by atoms with Gasteiger partial charge in [-0.05, 0) is 43.4 Å². The number of carbonyl (C=O) groups is 3. The lowest BCUT2D eigenvalue weighted by molar-refractivity contribution is -0.140. The minimum absolute atomic E-state index is 0.107. The summed E-state index contributed by atoms with van der Waals surface area (Å²) >= 11 is 5.82. The molecule has 0 spiro atoms. The van der Waals surface area contributed by atoms with E-state index in [2.05, 4.69) is 20.6 Å². The summed E-state index contributed by atoms with van der Waals surface area (Å²) in [5, 5.41) is 23.6. The van der Waals surface area contributed by atoms with Crippen molar-refractivity contribution < 1.29 is 24.6 Å². The molecule has 2 rings (SSSR count). The van der Waals surface area contributed by atoms with Crippen LogP contribution in [0.2, 0.25) is 5.15 Å². The normalized spacial score (nSPS) is 11.5. The Morgan fingerprint density at radius 2 is 1.81 bits per heavy atom. The van der Waals surface area contributed by atoms with Crippen LogP contribution in [0.3, 0.4) is 0 Å². The Hall–Kier alpha value is -3.40. The van der Waals surface area contributed by atoms with E-state index in [9.17, 15) is 14.4 Å². The van der Waals surface area contributed by atoms with Crippen LogP contribution >= 0.6 is 11.6 Å². The quantitative estimate of drug-likeness (QED) is 0.241. The van der Waals surface area contributed by atoms with E-state index in [1.807, 2.05) is 0 Å². The van der Waals surface area contributed by atoms with Crippen molar-refractivity contribution in [2.45, 2.75) is 38.1 Å². The minimum Gasteiger partial charge on any atom is -0.481 e. The summed E-state index contributed by atoms with van der Waals surface area (Å²) in [5.74, 6) is -2.28. The highest BCUT2D eigenvalue weighted by Gasteiger charge is 2.21. The molecule has 0 bridgehead atoms. The summed E-state index contributed by atoms with van der Waals surface area (Å²) in [7, 11) is 0. The molecule has 11 heteroatoms. The number of nitrogen functional groups attached to an aromatic ring is 1. The Labute approximate surface area is 183 Å². The predicted octanol–water partition coefficient (Wildman–Crippen LogP) is 2.19. The molecule has 31 heavy (non-hydrogen) atoms. The highest BCUT2D eigenvalue weighted by molar-refractivity contribution is 6.29. The van der Waals surface area contributed by atoms with Gasteiger partial charge in [0.15, 0.2) is 0 Å². The highest BCUT2D eigenvalue weighted by Crippen LogP contribution is 2.13. The second-order valence-electron chi connectivity index (χ2n) is 6.81. The molecule has 1 amide bonds. The van der Waals surface area contributed by atoms with Crippen molar-refractivity contribution in [3.05, 3.63) is 46.6 Å². The number of carbonyl (C=O) groups excluding carboxylic acids is 1. The topological polar surface area (TPSA) is 168 Å². The van der Waals surface area contributed by atoms with Crippen molar-refractivity contribution >= 4 is 41.2 Å². The van der Waals surface area contributed by atoms with Crippen molar-refractivity contribution in [3.63, 3.8) is 0 Å². The number of carboxylic acid groups (broad SMARTS) is 2. The molecule has 0 unspecified atom stereocenters. The molecule has 0 saturated carbocycles. The number of aliphatic carboxylic acids is 2. The first-order valence-corrected chi connectivity index (χ1v) is 10.0. The lowest BCUT2D eigenvalue weighted by atomic mass is 10.1. The van der Waals surface area contributed by atoms with Crippen molar-refractivity contribution in [2.75, 3.05) is 17.6 Å². The lowest BCUT2D eigenvalue weighted by Gasteiger charge is -2.13. The maximum atomic E-state index is 12.2. The number of aromatic nitrogens is 2. The number of amides is 1.